The summed E-state index contributed by atoms with van der Waals surface area (Å²) in [5.41, 5.74) is 6.99. The van der Waals surface area contributed by atoms with Gasteiger partial charge in [-0.3, -0.25) is 4.79 Å². The highest BCUT2D eigenvalue weighted by Crippen LogP contribution is 2.38. The molecule has 1 aliphatic heterocycles. The Labute approximate surface area is 124 Å². The van der Waals surface area contributed by atoms with Crippen LogP contribution in [0.25, 0.3) is 0 Å². The predicted octanol–water partition coefficient (Wildman–Crippen LogP) is 2.94. The Balaban J connectivity index is 0.00000147. The minimum absolute atomic E-state index is 0. The summed E-state index contributed by atoms with van der Waals surface area (Å²) >= 11 is 0. The van der Waals surface area contributed by atoms with Crippen molar-refractivity contribution in [1.82, 2.24) is 0 Å². The fraction of sp³-hybridized carbons (Fsp3) is 0.500. The van der Waals surface area contributed by atoms with Crippen molar-refractivity contribution in [3.63, 3.8) is 0 Å². The Morgan fingerprint density at radius 3 is 2.65 bits per heavy atom. The van der Waals surface area contributed by atoms with Crippen molar-refractivity contribution in [3.8, 4) is 11.5 Å². The summed E-state index contributed by atoms with van der Waals surface area (Å²) in [7, 11) is 0. The number of anilines is 2. The summed E-state index contributed by atoms with van der Waals surface area (Å²) in [6.45, 7) is 0.202. The van der Waals surface area contributed by atoms with Crippen LogP contribution in [0.15, 0.2) is 12.1 Å². The summed E-state index contributed by atoms with van der Waals surface area (Å²) in [6.07, 6.45) is 5.36. The van der Waals surface area contributed by atoms with E-state index in [9.17, 15) is 4.79 Å². The molecule has 0 atom stereocenters. The molecule has 3 rings (SSSR count). The van der Waals surface area contributed by atoms with Gasteiger partial charge in [0.2, 0.25) is 12.7 Å². The summed E-state index contributed by atoms with van der Waals surface area (Å²) in [4.78, 5) is 11.9. The van der Waals surface area contributed by atoms with E-state index in [1.807, 2.05) is 0 Å². The molecule has 0 spiro atoms. The second-order valence-corrected chi connectivity index (χ2v) is 5.18. The smallest absolute Gasteiger partial charge is 0.231 e. The van der Waals surface area contributed by atoms with E-state index < -0.39 is 0 Å². The largest absolute Gasteiger partial charge is 0.454 e. The second-order valence-electron chi connectivity index (χ2n) is 5.18. The predicted molar refractivity (Wildman–Crippen MR) is 79.4 cm³/mol. The lowest BCUT2D eigenvalue weighted by molar-refractivity contribution is -0.116. The van der Waals surface area contributed by atoms with E-state index in [2.05, 4.69) is 5.32 Å². The molecule has 1 saturated carbocycles. The van der Waals surface area contributed by atoms with Gasteiger partial charge in [0, 0.05) is 18.6 Å². The van der Waals surface area contributed by atoms with Gasteiger partial charge in [-0.05, 0) is 12.3 Å². The number of hydrogen-bond donors (Lipinski definition) is 2. The molecule has 2 aliphatic rings. The van der Waals surface area contributed by atoms with E-state index in [1.54, 1.807) is 12.1 Å². The van der Waals surface area contributed by atoms with Crippen molar-refractivity contribution in [1.29, 1.82) is 0 Å². The first kappa shape index (κ1) is 14.8. The molecule has 20 heavy (non-hydrogen) atoms. The molecule has 6 heteroatoms. The average Bonchev–Trinajstić information content (AvgIpc) is 2.74. The third-order valence-electron chi connectivity index (χ3n) is 3.82. The molecule has 0 unspecified atom stereocenters. The molecule has 3 N–H and O–H groups in total. The zero-order chi connectivity index (χ0) is 13.2. The maximum absolute atomic E-state index is 11.9. The number of fused-ring (bicyclic) bond motifs is 1. The molecule has 1 heterocycles. The van der Waals surface area contributed by atoms with E-state index in [0.29, 0.717) is 29.3 Å². The van der Waals surface area contributed by atoms with Crippen LogP contribution in [-0.2, 0) is 4.79 Å². The van der Waals surface area contributed by atoms with Crippen molar-refractivity contribution in [2.24, 2.45) is 5.92 Å². The Hall–Kier alpha value is -1.62. The molecule has 1 aromatic carbocycles. The molecule has 110 valence electrons. The van der Waals surface area contributed by atoms with Crippen molar-refractivity contribution in [3.05, 3.63) is 12.1 Å². The number of halogens is 1. The Morgan fingerprint density at radius 2 is 2.00 bits per heavy atom. The number of ether oxygens (including phenoxy) is 2. The van der Waals surface area contributed by atoms with Crippen LogP contribution in [-0.4, -0.2) is 12.7 Å². The molecule has 0 aromatic heterocycles. The van der Waals surface area contributed by atoms with Gasteiger partial charge in [-0.15, -0.1) is 12.4 Å². The van der Waals surface area contributed by atoms with Crippen LogP contribution in [0.3, 0.4) is 0 Å². The minimum atomic E-state index is 0. The average molecular weight is 299 g/mol. The van der Waals surface area contributed by atoms with Gasteiger partial charge in [0.1, 0.15) is 0 Å². The van der Waals surface area contributed by atoms with Gasteiger partial charge < -0.3 is 20.5 Å². The molecular weight excluding hydrogens is 280 g/mol. The van der Waals surface area contributed by atoms with Crippen LogP contribution in [0.5, 0.6) is 11.5 Å². The normalized spacial score (nSPS) is 16.2. The third-order valence-corrected chi connectivity index (χ3v) is 3.82. The maximum Gasteiger partial charge on any atom is 0.231 e. The molecule has 0 bridgehead atoms. The highest BCUT2D eigenvalue weighted by molar-refractivity contribution is 5.94. The van der Waals surface area contributed by atoms with Crippen LogP contribution >= 0.6 is 12.4 Å². The number of hydrogen-bond acceptors (Lipinski definition) is 4. The summed E-state index contributed by atoms with van der Waals surface area (Å²) in [5, 5.41) is 2.84. The van der Waals surface area contributed by atoms with E-state index >= 15 is 0 Å². The maximum atomic E-state index is 11.9. The lowest BCUT2D eigenvalue weighted by Crippen LogP contribution is -2.17. The van der Waals surface area contributed by atoms with Crippen LogP contribution in [0, 0.1) is 5.92 Å². The lowest BCUT2D eigenvalue weighted by atomic mass is 9.82. The van der Waals surface area contributed by atoms with Crippen LogP contribution in [0.1, 0.15) is 32.1 Å². The number of nitrogens with one attached hydrogen (secondary N) is 1. The Morgan fingerprint density at radius 1 is 1.30 bits per heavy atom. The van der Waals surface area contributed by atoms with Crippen LogP contribution < -0.4 is 20.5 Å². The monoisotopic (exact) mass is 298 g/mol. The fourth-order valence-electron chi connectivity index (χ4n) is 2.40. The Kier molecular flexibility index (Phi) is 4.60. The third kappa shape index (κ3) is 3.10. The van der Waals surface area contributed by atoms with Gasteiger partial charge >= 0.3 is 0 Å². The minimum Gasteiger partial charge on any atom is -0.454 e. The van der Waals surface area contributed by atoms with Crippen molar-refractivity contribution < 1.29 is 14.3 Å². The SMILES string of the molecule is Cl.Nc1cc2c(cc1NC(=O)CCC1CCC1)OCO2. The summed E-state index contributed by atoms with van der Waals surface area (Å²) in [6, 6.07) is 3.41. The van der Waals surface area contributed by atoms with E-state index in [1.165, 1.54) is 19.3 Å². The first-order chi connectivity index (χ1) is 9.22. The van der Waals surface area contributed by atoms with Crippen LogP contribution in [0.2, 0.25) is 0 Å². The first-order valence-corrected chi connectivity index (χ1v) is 6.71. The lowest BCUT2D eigenvalue weighted by Gasteiger charge is -2.24. The molecule has 1 aliphatic carbocycles. The zero-order valence-corrected chi connectivity index (χ0v) is 12.0. The van der Waals surface area contributed by atoms with Crippen molar-refractivity contribution in [2.75, 3.05) is 17.8 Å². The number of benzene rings is 1. The number of amides is 1. The van der Waals surface area contributed by atoms with Crippen LogP contribution in [0.4, 0.5) is 11.4 Å². The van der Waals surface area contributed by atoms with E-state index in [4.69, 9.17) is 15.2 Å². The molecule has 1 amide bonds. The van der Waals surface area contributed by atoms with Gasteiger partial charge in [-0.1, -0.05) is 19.3 Å². The number of carbonyl (C=O) groups excluding carboxylic acids is 1. The highest BCUT2D eigenvalue weighted by Gasteiger charge is 2.20. The number of nitrogen functional groups attached to an aromatic ring is 1. The molecule has 0 saturated heterocycles. The van der Waals surface area contributed by atoms with Crippen molar-refractivity contribution >= 4 is 29.7 Å². The molecular formula is C14H19ClN2O3. The number of carbonyl (C=O) groups is 1. The van der Waals surface area contributed by atoms with E-state index in [0.717, 1.165) is 12.3 Å². The number of rotatable bonds is 4. The zero-order valence-electron chi connectivity index (χ0n) is 11.2. The van der Waals surface area contributed by atoms with E-state index in [-0.39, 0.29) is 25.1 Å². The molecule has 1 aromatic rings. The standard InChI is InChI=1S/C14H18N2O3.ClH/c15-10-6-12-13(19-8-18-12)7-11(10)16-14(17)5-4-9-2-1-3-9;/h6-7,9H,1-5,8,15H2,(H,16,17);1H. The fourth-order valence-corrected chi connectivity index (χ4v) is 2.40. The quantitative estimate of drug-likeness (QED) is 0.838. The second kappa shape index (κ2) is 6.22. The number of nitrogens with two attached hydrogens (primary N) is 1. The first-order valence-electron chi connectivity index (χ1n) is 6.71. The van der Waals surface area contributed by atoms with Gasteiger partial charge in [-0.25, -0.2) is 0 Å². The Bertz CT molecular complexity index is 503. The summed E-state index contributed by atoms with van der Waals surface area (Å²) < 4.78 is 10.5. The molecule has 5 nitrogen and oxygen atoms in total. The van der Waals surface area contributed by atoms with Gasteiger partial charge in [0.05, 0.1) is 11.4 Å². The highest BCUT2D eigenvalue weighted by atomic mass is 35.5. The molecule has 1 fully saturated rings. The molecule has 0 radical (unpaired) electrons. The van der Waals surface area contributed by atoms with Gasteiger partial charge in [0.25, 0.3) is 0 Å². The summed E-state index contributed by atoms with van der Waals surface area (Å²) in [5.74, 6) is 2.01. The van der Waals surface area contributed by atoms with Crippen molar-refractivity contribution in [2.45, 2.75) is 32.1 Å². The topological polar surface area (TPSA) is 73.6 Å². The van der Waals surface area contributed by atoms with Gasteiger partial charge in [-0.2, -0.15) is 0 Å². The van der Waals surface area contributed by atoms with Gasteiger partial charge in [0.15, 0.2) is 11.5 Å².